The molecule has 4 aromatic heterocycles. The van der Waals surface area contributed by atoms with E-state index in [-0.39, 0.29) is 0 Å². The summed E-state index contributed by atoms with van der Waals surface area (Å²) in [6.07, 6.45) is 7.66. The second-order valence-electron chi connectivity index (χ2n) is 7.12. The van der Waals surface area contributed by atoms with Gasteiger partial charge in [-0.3, -0.25) is 14.2 Å². The molecule has 0 spiro atoms. The number of imidazole rings is 1. The Morgan fingerprint density at radius 3 is 2.72 bits per heavy atom. The largest absolute Gasteiger partial charge is 0.388 e. The van der Waals surface area contributed by atoms with E-state index in [1.54, 1.807) is 23.0 Å². The molecule has 0 saturated carbocycles. The maximum absolute atomic E-state index is 10.4. The molecule has 4 heterocycles. The molecule has 0 aliphatic heterocycles. The number of benzene rings is 1. The summed E-state index contributed by atoms with van der Waals surface area (Å²) < 4.78 is 7.13. The number of carbonyl (C=O) groups excluding carboxylic acids is 1. The van der Waals surface area contributed by atoms with Gasteiger partial charge >= 0.3 is 0 Å². The average molecular weight is 426 g/mol. The Bertz CT molecular complexity index is 1370. The van der Waals surface area contributed by atoms with Crippen LogP contribution in [-0.4, -0.2) is 37.8 Å². The molecule has 0 fully saturated rings. The number of aryl methyl sites for hydroxylation is 2. The number of pyridine rings is 2. The van der Waals surface area contributed by atoms with Gasteiger partial charge in [0.15, 0.2) is 6.29 Å². The van der Waals surface area contributed by atoms with Crippen LogP contribution in [0.3, 0.4) is 0 Å². The Labute approximate surface area is 185 Å². The van der Waals surface area contributed by atoms with Crippen LogP contribution in [0.1, 0.15) is 21.6 Å². The van der Waals surface area contributed by atoms with E-state index in [1.165, 1.54) is 5.56 Å². The lowest BCUT2D eigenvalue weighted by molar-refractivity contribution is 0.111. The first-order valence-corrected chi connectivity index (χ1v) is 10.0. The molecule has 0 bridgehead atoms. The van der Waals surface area contributed by atoms with E-state index < -0.39 is 0 Å². The van der Waals surface area contributed by atoms with Crippen molar-refractivity contribution in [2.24, 2.45) is 0 Å². The molecule has 8 nitrogen and oxygen atoms in total. The van der Waals surface area contributed by atoms with E-state index in [9.17, 15) is 4.79 Å². The number of nitrogens with one attached hydrogen (secondary N) is 1. The standard InChI is InChI=1S/C16H16N4O.C8H6N2O/c1-10-6-7-18-9-13(10)15-19-16(21-20-15)12-5-4-11(2)14(8-12)17-3;11-6-7-5-9-8-3-1-2-4-10(7)8/h4-9,17H,1-3H3;1-6H. The minimum atomic E-state index is 0.504. The van der Waals surface area contributed by atoms with Gasteiger partial charge in [-0.05, 0) is 55.3 Å². The average Bonchev–Trinajstić information content (AvgIpc) is 3.47. The lowest BCUT2D eigenvalue weighted by atomic mass is 10.1. The Hall–Kier alpha value is -4.33. The van der Waals surface area contributed by atoms with E-state index in [0.29, 0.717) is 17.4 Å². The van der Waals surface area contributed by atoms with Gasteiger partial charge in [-0.2, -0.15) is 4.98 Å². The van der Waals surface area contributed by atoms with Crippen LogP contribution in [0.2, 0.25) is 0 Å². The van der Waals surface area contributed by atoms with Crippen LogP contribution in [0.5, 0.6) is 0 Å². The summed E-state index contributed by atoms with van der Waals surface area (Å²) in [7, 11) is 1.89. The predicted octanol–water partition coefficient (Wildman–Crippen LogP) is 4.60. The molecular weight excluding hydrogens is 404 g/mol. The number of fused-ring (bicyclic) bond motifs is 1. The summed E-state index contributed by atoms with van der Waals surface area (Å²) in [5.41, 5.74) is 6.44. The molecular formula is C24H22N6O2. The minimum absolute atomic E-state index is 0.504. The summed E-state index contributed by atoms with van der Waals surface area (Å²) in [4.78, 5) is 23.0. The summed E-state index contributed by atoms with van der Waals surface area (Å²) in [5, 5.41) is 7.21. The summed E-state index contributed by atoms with van der Waals surface area (Å²) >= 11 is 0. The van der Waals surface area contributed by atoms with Gasteiger partial charge in [0, 0.05) is 42.5 Å². The Morgan fingerprint density at radius 1 is 1.06 bits per heavy atom. The van der Waals surface area contributed by atoms with E-state index in [4.69, 9.17) is 4.52 Å². The number of hydrogen-bond donors (Lipinski definition) is 1. The molecule has 0 amide bonds. The van der Waals surface area contributed by atoms with Crippen molar-refractivity contribution in [2.45, 2.75) is 13.8 Å². The number of nitrogens with zero attached hydrogens (tertiary/aromatic N) is 5. The first kappa shape index (κ1) is 20.9. The normalized spacial score (nSPS) is 10.5. The van der Waals surface area contributed by atoms with Crippen LogP contribution < -0.4 is 5.32 Å². The maximum Gasteiger partial charge on any atom is 0.258 e. The van der Waals surface area contributed by atoms with Gasteiger partial charge in [0.2, 0.25) is 5.82 Å². The number of anilines is 1. The van der Waals surface area contributed by atoms with Crippen molar-refractivity contribution >= 4 is 17.6 Å². The fourth-order valence-corrected chi connectivity index (χ4v) is 3.21. The fourth-order valence-electron chi connectivity index (χ4n) is 3.21. The minimum Gasteiger partial charge on any atom is -0.388 e. The van der Waals surface area contributed by atoms with Gasteiger partial charge in [-0.25, -0.2) is 4.98 Å². The first-order valence-electron chi connectivity index (χ1n) is 10.0. The summed E-state index contributed by atoms with van der Waals surface area (Å²) in [6.45, 7) is 4.05. The number of rotatable bonds is 4. The molecule has 1 N–H and O–H groups in total. The molecule has 0 unspecified atom stereocenters. The van der Waals surface area contributed by atoms with Gasteiger partial charge in [0.05, 0.1) is 6.20 Å². The highest BCUT2D eigenvalue weighted by Gasteiger charge is 2.13. The lowest BCUT2D eigenvalue weighted by Crippen LogP contribution is -1.92. The molecule has 5 aromatic rings. The van der Waals surface area contributed by atoms with Gasteiger partial charge < -0.3 is 9.84 Å². The Morgan fingerprint density at radius 2 is 1.94 bits per heavy atom. The zero-order valence-corrected chi connectivity index (χ0v) is 18.0. The molecule has 5 rings (SSSR count). The fraction of sp³-hybridized carbons (Fsp3) is 0.125. The van der Waals surface area contributed by atoms with Crippen molar-refractivity contribution in [1.82, 2.24) is 24.5 Å². The van der Waals surface area contributed by atoms with Crippen LogP contribution in [0.25, 0.3) is 28.5 Å². The van der Waals surface area contributed by atoms with Crippen molar-refractivity contribution in [3.05, 3.63) is 84.1 Å². The number of aromatic nitrogens is 5. The highest BCUT2D eigenvalue weighted by atomic mass is 16.5. The molecule has 0 atom stereocenters. The maximum atomic E-state index is 10.4. The predicted molar refractivity (Wildman–Crippen MR) is 123 cm³/mol. The molecule has 32 heavy (non-hydrogen) atoms. The highest BCUT2D eigenvalue weighted by Crippen LogP contribution is 2.26. The third-order valence-corrected chi connectivity index (χ3v) is 5.03. The first-order chi connectivity index (χ1) is 15.6. The van der Waals surface area contributed by atoms with Crippen LogP contribution in [0.4, 0.5) is 5.69 Å². The third-order valence-electron chi connectivity index (χ3n) is 5.03. The quantitative estimate of drug-likeness (QED) is 0.419. The van der Waals surface area contributed by atoms with Crippen molar-refractivity contribution in [3.8, 4) is 22.8 Å². The monoisotopic (exact) mass is 426 g/mol. The van der Waals surface area contributed by atoms with Crippen LogP contribution in [0, 0.1) is 13.8 Å². The molecule has 8 heteroatoms. The molecule has 160 valence electrons. The van der Waals surface area contributed by atoms with E-state index in [1.807, 2.05) is 69.6 Å². The SMILES string of the molecule is CNc1cc(-c2nc(-c3cnccc3C)no2)ccc1C.O=Cc1cnc2ccccn12. The van der Waals surface area contributed by atoms with Crippen molar-refractivity contribution in [3.63, 3.8) is 0 Å². The van der Waals surface area contributed by atoms with Crippen molar-refractivity contribution in [2.75, 3.05) is 12.4 Å². The molecule has 0 saturated heterocycles. The topological polar surface area (TPSA) is 98.2 Å². The van der Waals surface area contributed by atoms with Gasteiger partial charge in [-0.15, -0.1) is 0 Å². The highest BCUT2D eigenvalue weighted by molar-refractivity contribution is 5.73. The summed E-state index contributed by atoms with van der Waals surface area (Å²) in [6, 6.07) is 13.5. The van der Waals surface area contributed by atoms with E-state index in [2.05, 4.69) is 25.4 Å². The molecule has 0 aliphatic carbocycles. The summed E-state index contributed by atoms with van der Waals surface area (Å²) in [5.74, 6) is 1.06. The van der Waals surface area contributed by atoms with Crippen LogP contribution in [0.15, 0.2) is 71.8 Å². The third kappa shape index (κ3) is 4.24. The van der Waals surface area contributed by atoms with Crippen molar-refractivity contribution < 1.29 is 9.32 Å². The van der Waals surface area contributed by atoms with Crippen molar-refractivity contribution in [1.29, 1.82) is 0 Å². The number of hydrogen-bond acceptors (Lipinski definition) is 7. The Balaban J connectivity index is 0.000000186. The van der Waals surface area contributed by atoms with Gasteiger partial charge in [0.1, 0.15) is 11.3 Å². The zero-order valence-electron chi connectivity index (χ0n) is 18.0. The van der Waals surface area contributed by atoms with Crippen LogP contribution in [-0.2, 0) is 0 Å². The molecule has 1 aromatic carbocycles. The smallest absolute Gasteiger partial charge is 0.258 e. The van der Waals surface area contributed by atoms with E-state index >= 15 is 0 Å². The lowest BCUT2D eigenvalue weighted by Gasteiger charge is -2.05. The zero-order chi connectivity index (χ0) is 22.5. The van der Waals surface area contributed by atoms with Gasteiger partial charge in [0.25, 0.3) is 5.89 Å². The molecule has 0 radical (unpaired) electrons. The second kappa shape index (κ2) is 9.22. The number of carbonyl (C=O) groups is 1. The molecule has 0 aliphatic rings. The van der Waals surface area contributed by atoms with E-state index in [0.717, 1.165) is 34.3 Å². The Kier molecular flexibility index (Phi) is 6.03. The second-order valence-corrected chi connectivity index (χ2v) is 7.12. The number of aldehydes is 1. The van der Waals surface area contributed by atoms with Crippen LogP contribution >= 0.6 is 0 Å². The van der Waals surface area contributed by atoms with Gasteiger partial charge in [-0.1, -0.05) is 17.3 Å².